The molecule has 0 saturated carbocycles. The molecule has 0 bridgehead atoms. The smallest absolute Gasteiger partial charge is 0.251 e. The maximum Gasteiger partial charge on any atom is 0.251 e. The quantitative estimate of drug-likeness (QED) is 0.857. The lowest BCUT2D eigenvalue weighted by Crippen LogP contribution is -2.36. The van der Waals surface area contributed by atoms with Crippen LogP contribution in [0.25, 0.3) is 0 Å². The van der Waals surface area contributed by atoms with Crippen LogP contribution in [0.1, 0.15) is 22.0 Å². The van der Waals surface area contributed by atoms with Gasteiger partial charge in [0.2, 0.25) is 0 Å². The van der Waals surface area contributed by atoms with Gasteiger partial charge in [0.25, 0.3) is 5.91 Å². The van der Waals surface area contributed by atoms with Crippen molar-refractivity contribution in [2.45, 2.75) is 6.10 Å². The van der Waals surface area contributed by atoms with Crippen molar-refractivity contribution in [2.24, 2.45) is 0 Å². The molecule has 1 atom stereocenters. The Labute approximate surface area is 150 Å². The van der Waals surface area contributed by atoms with Crippen molar-refractivity contribution in [3.63, 3.8) is 0 Å². The number of rotatable bonds is 5. The van der Waals surface area contributed by atoms with Crippen LogP contribution in [0.3, 0.4) is 0 Å². The van der Waals surface area contributed by atoms with Gasteiger partial charge in [0.1, 0.15) is 0 Å². The molecule has 5 nitrogen and oxygen atoms in total. The fraction of sp³-hybridized carbons (Fsp3) is 0.316. The fourth-order valence-corrected chi connectivity index (χ4v) is 2.77. The topological polar surface area (TPSA) is 61.8 Å². The minimum Gasteiger partial charge on any atom is -0.387 e. The molecule has 1 heterocycles. The summed E-state index contributed by atoms with van der Waals surface area (Å²) in [5.74, 6) is -2.36. The van der Waals surface area contributed by atoms with Gasteiger partial charge in [-0.05, 0) is 42.0 Å². The summed E-state index contributed by atoms with van der Waals surface area (Å²) in [5, 5.41) is 12.6. The number of aliphatic hydroxyl groups is 1. The Kier molecular flexibility index (Phi) is 5.80. The lowest BCUT2D eigenvalue weighted by molar-refractivity contribution is 0.0916. The molecule has 3 rings (SSSR count). The summed E-state index contributed by atoms with van der Waals surface area (Å²) in [6, 6.07) is 10.3. The second-order valence-corrected chi connectivity index (χ2v) is 6.05. The number of halogens is 2. The van der Waals surface area contributed by atoms with Gasteiger partial charge in [0.15, 0.2) is 11.6 Å². The molecule has 26 heavy (non-hydrogen) atoms. The first-order valence-electron chi connectivity index (χ1n) is 8.38. The first-order valence-corrected chi connectivity index (χ1v) is 8.38. The van der Waals surface area contributed by atoms with Gasteiger partial charge in [-0.3, -0.25) is 4.79 Å². The van der Waals surface area contributed by atoms with Gasteiger partial charge in [-0.15, -0.1) is 0 Å². The molecule has 0 unspecified atom stereocenters. The van der Waals surface area contributed by atoms with E-state index in [1.807, 2.05) is 12.1 Å². The third kappa shape index (κ3) is 4.36. The Morgan fingerprint density at radius 2 is 1.81 bits per heavy atom. The number of morpholine rings is 1. The maximum atomic E-state index is 13.2. The molecule has 1 amide bonds. The van der Waals surface area contributed by atoms with Gasteiger partial charge in [0.05, 0.1) is 19.3 Å². The zero-order valence-corrected chi connectivity index (χ0v) is 14.1. The van der Waals surface area contributed by atoms with Gasteiger partial charge >= 0.3 is 0 Å². The van der Waals surface area contributed by atoms with Crippen molar-refractivity contribution < 1.29 is 23.4 Å². The van der Waals surface area contributed by atoms with E-state index < -0.39 is 17.7 Å². The number of carbonyl (C=O) groups is 1. The number of nitrogens with zero attached hydrogens (tertiary/aromatic N) is 1. The Balaban J connectivity index is 1.56. The van der Waals surface area contributed by atoms with E-state index in [0.29, 0.717) is 18.8 Å². The first-order chi connectivity index (χ1) is 12.5. The molecule has 138 valence electrons. The Hall–Kier alpha value is -2.51. The highest BCUT2D eigenvalue weighted by Gasteiger charge is 2.14. The maximum absolute atomic E-state index is 13.2. The second kappa shape index (κ2) is 8.25. The summed E-state index contributed by atoms with van der Waals surface area (Å²) in [5.41, 5.74) is 1.68. The minimum atomic E-state index is -1.12. The first kappa shape index (κ1) is 18.3. The molecule has 1 aliphatic heterocycles. The Bertz CT molecular complexity index is 762. The highest BCUT2D eigenvalue weighted by Crippen LogP contribution is 2.18. The fourth-order valence-electron chi connectivity index (χ4n) is 2.77. The van der Waals surface area contributed by atoms with Crippen molar-refractivity contribution in [3.05, 3.63) is 65.2 Å². The van der Waals surface area contributed by atoms with Crippen LogP contribution >= 0.6 is 0 Å². The zero-order chi connectivity index (χ0) is 18.5. The number of anilines is 1. The molecule has 1 fully saturated rings. The number of nitrogens with one attached hydrogen (secondary N) is 1. The third-order valence-electron chi connectivity index (χ3n) is 4.29. The molecular formula is C19H20F2N2O3. The monoisotopic (exact) mass is 362 g/mol. The average molecular weight is 362 g/mol. The molecule has 0 aliphatic carbocycles. The Morgan fingerprint density at radius 3 is 2.46 bits per heavy atom. The van der Waals surface area contributed by atoms with Crippen LogP contribution in [-0.4, -0.2) is 43.9 Å². The standard InChI is InChI=1S/C19H20F2N2O3/c20-16-6-3-14(11-17(16)21)18(24)12-22-19(25)13-1-4-15(5-2-13)23-7-9-26-10-8-23/h1-6,11,18,24H,7-10,12H2,(H,22,25)/t18-/m1/s1. The number of benzene rings is 2. The molecule has 1 saturated heterocycles. The summed E-state index contributed by atoms with van der Waals surface area (Å²) in [7, 11) is 0. The number of carbonyl (C=O) groups excluding carboxylic acids is 1. The number of hydrogen-bond acceptors (Lipinski definition) is 4. The third-order valence-corrected chi connectivity index (χ3v) is 4.29. The summed E-state index contributed by atoms with van der Waals surface area (Å²) < 4.78 is 31.5. The zero-order valence-electron chi connectivity index (χ0n) is 14.1. The van der Waals surface area contributed by atoms with E-state index >= 15 is 0 Å². The highest BCUT2D eigenvalue weighted by atomic mass is 19.2. The summed E-state index contributed by atoms with van der Waals surface area (Å²) in [4.78, 5) is 14.4. The van der Waals surface area contributed by atoms with Gasteiger partial charge < -0.3 is 20.1 Å². The molecule has 0 spiro atoms. The van der Waals surface area contributed by atoms with Gasteiger partial charge in [0, 0.05) is 30.9 Å². The molecule has 2 aromatic rings. The molecule has 2 aromatic carbocycles. The number of hydrogen-bond donors (Lipinski definition) is 2. The summed E-state index contributed by atoms with van der Waals surface area (Å²) >= 11 is 0. The number of amides is 1. The minimum absolute atomic E-state index is 0.102. The molecular weight excluding hydrogens is 342 g/mol. The van der Waals surface area contributed by atoms with Crippen LogP contribution in [0.15, 0.2) is 42.5 Å². The van der Waals surface area contributed by atoms with Crippen molar-refractivity contribution in [2.75, 3.05) is 37.7 Å². The van der Waals surface area contributed by atoms with Crippen molar-refractivity contribution in [1.82, 2.24) is 5.32 Å². The van der Waals surface area contributed by atoms with Gasteiger partial charge in [-0.2, -0.15) is 0 Å². The number of ether oxygens (including phenoxy) is 1. The average Bonchev–Trinajstić information content (AvgIpc) is 2.68. The van der Waals surface area contributed by atoms with Gasteiger partial charge in [-0.1, -0.05) is 6.07 Å². The SMILES string of the molecule is O=C(NC[C@@H](O)c1ccc(F)c(F)c1)c1ccc(N2CCOCC2)cc1. The van der Waals surface area contributed by atoms with E-state index in [2.05, 4.69) is 10.2 Å². The van der Waals surface area contributed by atoms with Crippen LogP contribution in [-0.2, 0) is 4.74 Å². The van der Waals surface area contributed by atoms with E-state index in [0.717, 1.165) is 30.9 Å². The highest BCUT2D eigenvalue weighted by molar-refractivity contribution is 5.94. The van der Waals surface area contributed by atoms with E-state index in [1.165, 1.54) is 6.07 Å². The molecule has 7 heteroatoms. The summed E-state index contributed by atoms with van der Waals surface area (Å²) in [6.45, 7) is 2.89. The van der Waals surface area contributed by atoms with Crippen molar-refractivity contribution in [3.8, 4) is 0 Å². The molecule has 0 radical (unpaired) electrons. The van der Waals surface area contributed by atoms with E-state index in [1.54, 1.807) is 12.1 Å². The van der Waals surface area contributed by atoms with Crippen LogP contribution in [0.2, 0.25) is 0 Å². The van der Waals surface area contributed by atoms with Crippen LogP contribution in [0, 0.1) is 11.6 Å². The molecule has 1 aliphatic rings. The normalized spacial score (nSPS) is 15.6. The predicted molar refractivity (Wildman–Crippen MR) is 93.1 cm³/mol. The van der Waals surface area contributed by atoms with E-state index in [4.69, 9.17) is 4.74 Å². The number of aliphatic hydroxyl groups excluding tert-OH is 1. The predicted octanol–water partition coefficient (Wildman–Crippen LogP) is 2.26. The summed E-state index contributed by atoms with van der Waals surface area (Å²) in [6.07, 6.45) is -1.12. The largest absolute Gasteiger partial charge is 0.387 e. The lowest BCUT2D eigenvalue weighted by atomic mass is 10.1. The Morgan fingerprint density at radius 1 is 1.12 bits per heavy atom. The van der Waals surface area contributed by atoms with Crippen molar-refractivity contribution >= 4 is 11.6 Å². The molecule has 0 aromatic heterocycles. The van der Waals surface area contributed by atoms with Crippen LogP contribution < -0.4 is 10.2 Å². The lowest BCUT2D eigenvalue weighted by Gasteiger charge is -2.28. The van der Waals surface area contributed by atoms with Crippen LogP contribution in [0.5, 0.6) is 0 Å². The van der Waals surface area contributed by atoms with E-state index in [9.17, 15) is 18.7 Å². The molecule has 2 N–H and O–H groups in total. The van der Waals surface area contributed by atoms with E-state index in [-0.39, 0.29) is 18.0 Å². The van der Waals surface area contributed by atoms with Gasteiger partial charge in [-0.25, -0.2) is 8.78 Å². The second-order valence-electron chi connectivity index (χ2n) is 6.05. The van der Waals surface area contributed by atoms with Crippen molar-refractivity contribution in [1.29, 1.82) is 0 Å². The van der Waals surface area contributed by atoms with Crippen LogP contribution in [0.4, 0.5) is 14.5 Å².